The Hall–Kier alpha value is -3.35. The first-order valence-electron chi connectivity index (χ1n) is 11.9. The van der Waals surface area contributed by atoms with E-state index in [1.165, 1.54) is 12.4 Å². The summed E-state index contributed by atoms with van der Waals surface area (Å²) in [7, 11) is 1.65. The van der Waals surface area contributed by atoms with E-state index in [9.17, 15) is 4.79 Å². The fourth-order valence-electron chi connectivity index (χ4n) is 4.65. The molecule has 186 valence electrons. The van der Waals surface area contributed by atoms with Crippen LogP contribution in [-0.4, -0.2) is 109 Å². The Balaban J connectivity index is 1.29. The molecule has 4 aliphatic rings. The first-order chi connectivity index (χ1) is 17.1. The van der Waals surface area contributed by atoms with Crippen LogP contribution in [-0.2, 0) is 9.47 Å². The molecule has 0 bridgehead atoms. The highest BCUT2D eigenvalue weighted by atomic mass is 16.5. The van der Waals surface area contributed by atoms with E-state index >= 15 is 0 Å². The summed E-state index contributed by atoms with van der Waals surface area (Å²) in [5.74, 6) is 1.69. The Morgan fingerprint density at radius 2 is 2.03 bits per heavy atom. The van der Waals surface area contributed by atoms with Crippen molar-refractivity contribution in [2.24, 2.45) is 9.98 Å². The number of nitrogens with zero attached hydrogens (tertiary/aromatic N) is 6. The van der Waals surface area contributed by atoms with Gasteiger partial charge in [0.2, 0.25) is 11.9 Å². The number of nitrogens with one attached hydrogen (secondary N) is 2. The normalized spacial score (nSPS) is 24.0. The number of carbonyl (C=O) groups is 1. The number of hydrogen-bond donors (Lipinski definition) is 3. The second kappa shape index (κ2) is 10.5. The van der Waals surface area contributed by atoms with E-state index in [1.54, 1.807) is 7.11 Å². The van der Waals surface area contributed by atoms with Crippen molar-refractivity contribution in [3.8, 4) is 0 Å². The van der Waals surface area contributed by atoms with E-state index in [0.29, 0.717) is 31.2 Å². The van der Waals surface area contributed by atoms with Gasteiger partial charge >= 0.3 is 0 Å². The topological polar surface area (TPSA) is 143 Å². The number of nitrogen functional groups attached to an aromatic ring is 1. The smallest absolute Gasteiger partial charge is 0.261 e. The Labute approximate surface area is 204 Å². The zero-order valence-electron chi connectivity index (χ0n) is 19.8. The minimum atomic E-state index is -0.411. The number of amidine groups is 1. The summed E-state index contributed by atoms with van der Waals surface area (Å²) in [5.41, 5.74) is 6.78. The van der Waals surface area contributed by atoms with Crippen LogP contribution in [0.15, 0.2) is 45.9 Å². The number of amides is 1. The van der Waals surface area contributed by atoms with Crippen molar-refractivity contribution >= 4 is 23.7 Å². The monoisotopic (exact) mass is 481 g/mol. The molecule has 0 aromatic carbocycles. The number of piperazine rings is 1. The molecule has 5 rings (SSSR count). The van der Waals surface area contributed by atoms with Crippen LogP contribution in [0.3, 0.4) is 0 Å². The molecule has 12 heteroatoms. The summed E-state index contributed by atoms with van der Waals surface area (Å²) in [5, 5.41) is 6.26. The van der Waals surface area contributed by atoms with Gasteiger partial charge in [-0.2, -0.15) is 0 Å². The molecule has 2 atom stereocenters. The summed E-state index contributed by atoms with van der Waals surface area (Å²) >= 11 is 0. The molecular formula is C23H31N9O3. The number of ether oxygens (including phenoxy) is 2. The molecule has 2 unspecified atom stereocenters. The van der Waals surface area contributed by atoms with Crippen LogP contribution in [0.4, 0.5) is 5.95 Å². The van der Waals surface area contributed by atoms with Crippen molar-refractivity contribution in [1.82, 2.24) is 30.4 Å². The van der Waals surface area contributed by atoms with Gasteiger partial charge in [-0.15, -0.1) is 0 Å². The van der Waals surface area contributed by atoms with E-state index in [2.05, 4.69) is 30.5 Å². The van der Waals surface area contributed by atoms with Crippen LogP contribution in [0, 0.1) is 0 Å². The van der Waals surface area contributed by atoms with Crippen molar-refractivity contribution in [3.05, 3.63) is 41.4 Å². The molecule has 1 fully saturated rings. The average Bonchev–Trinajstić information content (AvgIpc) is 3.38. The lowest BCUT2D eigenvalue weighted by Crippen LogP contribution is -2.53. The summed E-state index contributed by atoms with van der Waals surface area (Å²) in [6.07, 6.45) is 7.25. The predicted octanol–water partition coefficient (Wildman–Crippen LogP) is -0.608. The minimum absolute atomic E-state index is 0.109. The first-order valence-corrected chi connectivity index (χ1v) is 11.9. The summed E-state index contributed by atoms with van der Waals surface area (Å²) in [6.45, 7) is 7.08. The maximum atomic E-state index is 12.8. The number of guanidine groups is 1. The minimum Gasteiger partial charge on any atom is -0.495 e. The number of aromatic nitrogens is 2. The van der Waals surface area contributed by atoms with Crippen LogP contribution in [0.25, 0.3) is 0 Å². The third-order valence-corrected chi connectivity index (χ3v) is 6.44. The van der Waals surface area contributed by atoms with E-state index in [0.717, 1.165) is 56.3 Å². The highest BCUT2D eigenvalue weighted by molar-refractivity contribution is 6.17. The van der Waals surface area contributed by atoms with Crippen molar-refractivity contribution in [1.29, 1.82) is 0 Å². The number of methoxy groups -OCH3 is 1. The van der Waals surface area contributed by atoms with Gasteiger partial charge in [0, 0.05) is 64.3 Å². The Morgan fingerprint density at radius 3 is 2.80 bits per heavy atom. The SMILES string of the molecule is COC1C(OCCCN2CCNCC2)=CC=C2C3=NCCN3C(NC(=O)c3cnc(N)nc3)=NC21. The predicted molar refractivity (Wildman–Crippen MR) is 131 cm³/mol. The molecule has 1 aromatic rings. The van der Waals surface area contributed by atoms with Crippen molar-refractivity contribution in [2.45, 2.75) is 18.6 Å². The van der Waals surface area contributed by atoms with E-state index < -0.39 is 6.10 Å². The van der Waals surface area contributed by atoms with Gasteiger partial charge in [0.25, 0.3) is 5.91 Å². The fraction of sp³-hybridized carbons (Fsp3) is 0.522. The van der Waals surface area contributed by atoms with Gasteiger partial charge in [-0.3, -0.25) is 20.0 Å². The number of carbonyl (C=O) groups excluding carboxylic acids is 1. The summed E-state index contributed by atoms with van der Waals surface area (Å²) in [4.78, 5) is 34.5. The maximum absolute atomic E-state index is 12.8. The highest BCUT2D eigenvalue weighted by Crippen LogP contribution is 2.32. The van der Waals surface area contributed by atoms with Crippen LogP contribution in [0.1, 0.15) is 16.8 Å². The maximum Gasteiger partial charge on any atom is 0.261 e. The molecule has 0 radical (unpaired) electrons. The number of allylic oxidation sites excluding steroid dienone is 2. The third-order valence-electron chi connectivity index (χ3n) is 6.44. The van der Waals surface area contributed by atoms with Crippen LogP contribution in [0.5, 0.6) is 0 Å². The van der Waals surface area contributed by atoms with Gasteiger partial charge in [-0.1, -0.05) is 0 Å². The van der Waals surface area contributed by atoms with Crippen LogP contribution < -0.4 is 16.4 Å². The number of nitrogens with two attached hydrogens (primary N) is 1. The standard InChI is InChI=1S/C23H31N9O3/c1-34-19-17(35-12-2-8-31-9-5-25-6-10-31)4-3-16-18(19)29-23(32-11-7-26-20(16)32)30-21(33)15-13-27-22(24)28-14-15/h3-4,13-14,18-19,25H,2,5-12H2,1H3,(H2,24,27,28)(H,29,30,33). The fourth-order valence-corrected chi connectivity index (χ4v) is 4.65. The van der Waals surface area contributed by atoms with E-state index in [1.807, 2.05) is 17.1 Å². The Bertz CT molecular complexity index is 1060. The molecule has 0 spiro atoms. The van der Waals surface area contributed by atoms with Crippen molar-refractivity contribution < 1.29 is 14.3 Å². The number of hydrogen-bond acceptors (Lipinski definition) is 11. The second-order valence-electron chi connectivity index (χ2n) is 8.68. The average molecular weight is 482 g/mol. The summed E-state index contributed by atoms with van der Waals surface area (Å²) < 4.78 is 12.0. The van der Waals surface area contributed by atoms with Crippen LogP contribution >= 0.6 is 0 Å². The molecule has 4 heterocycles. The largest absolute Gasteiger partial charge is 0.495 e. The van der Waals surface area contributed by atoms with Gasteiger partial charge < -0.3 is 25.4 Å². The quantitative estimate of drug-likeness (QED) is 0.435. The molecule has 1 amide bonds. The first kappa shape index (κ1) is 23.4. The van der Waals surface area contributed by atoms with Crippen molar-refractivity contribution in [2.75, 3.05) is 65.3 Å². The summed E-state index contributed by atoms with van der Waals surface area (Å²) in [6, 6.07) is -0.376. The van der Waals surface area contributed by atoms with E-state index in [-0.39, 0.29) is 17.9 Å². The van der Waals surface area contributed by atoms with Crippen molar-refractivity contribution in [3.63, 3.8) is 0 Å². The molecule has 4 N–H and O–H groups in total. The number of rotatable bonds is 7. The lowest BCUT2D eigenvalue weighted by Gasteiger charge is -2.37. The van der Waals surface area contributed by atoms with Gasteiger partial charge in [0.15, 0.2) is 0 Å². The van der Waals surface area contributed by atoms with Gasteiger partial charge in [0.1, 0.15) is 23.7 Å². The lowest BCUT2D eigenvalue weighted by molar-refractivity contribution is 0.0497. The molecule has 1 aliphatic carbocycles. The van der Waals surface area contributed by atoms with Gasteiger partial charge in [-0.05, 0) is 18.6 Å². The highest BCUT2D eigenvalue weighted by Gasteiger charge is 2.42. The molecule has 1 aromatic heterocycles. The van der Waals surface area contributed by atoms with E-state index in [4.69, 9.17) is 20.2 Å². The van der Waals surface area contributed by atoms with Gasteiger partial charge in [-0.25, -0.2) is 15.0 Å². The lowest BCUT2D eigenvalue weighted by atomic mass is 9.92. The number of fused-ring (bicyclic) bond motifs is 3. The zero-order chi connectivity index (χ0) is 24.2. The Kier molecular flexibility index (Phi) is 7.02. The molecule has 12 nitrogen and oxygen atoms in total. The molecule has 3 aliphatic heterocycles. The number of anilines is 1. The van der Waals surface area contributed by atoms with Crippen LogP contribution in [0.2, 0.25) is 0 Å². The molecular weight excluding hydrogens is 450 g/mol. The zero-order valence-corrected chi connectivity index (χ0v) is 19.8. The molecule has 0 saturated carbocycles. The Morgan fingerprint density at radius 1 is 1.23 bits per heavy atom. The second-order valence-corrected chi connectivity index (χ2v) is 8.68. The van der Waals surface area contributed by atoms with Gasteiger partial charge in [0.05, 0.1) is 18.7 Å². The number of aliphatic imine (C=N–C) groups is 2. The molecule has 35 heavy (non-hydrogen) atoms. The third kappa shape index (κ3) is 5.04. The molecule has 1 saturated heterocycles.